The highest BCUT2D eigenvalue weighted by molar-refractivity contribution is 5.95. The number of pyridine rings is 1. The largest absolute Gasteiger partial charge is 0.451 e. The minimum absolute atomic E-state index is 0.178. The fourth-order valence-corrected chi connectivity index (χ4v) is 3.38. The van der Waals surface area contributed by atoms with E-state index in [2.05, 4.69) is 15.2 Å². The Morgan fingerprint density at radius 1 is 1.11 bits per heavy atom. The van der Waals surface area contributed by atoms with Gasteiger partial charge in [-0.3, -0.25) is 4.79 Å². The van der Waals surface area contributed by atoms with E-state index in [9.17, 15) is 9.59 Å². The summed E-state index contributed by atoms with van der Waals surface area (Å²) in [6.07, 6.45) is 4.05. The predicted octanol–water partition coefficient (Wildman–Crippen LogP) is 3.04. The lowest BCUT2D eigenvalue weighted by Crippen LogP contribution is -2.21. The zero-order valence-electron chi connectivity index (χ0n) is 15.7. The van der Waals surface area contributed by atoms with Crippen molar-refractivity contribution in [1.82, 2.24) is 9.38 Å². The number of carbonyl (C=O) groups is 2. The highest BCUT2D eigenvalue weighted by Crippen LogP contribution is 2.22. The van der Waals surface area contributed by atoms with Crippen molar-refractivity contribution in [2.24, 2.45) is 0 Å². The molecular weight excluding hydrogens is 356 g/mol. The van der Waals surface area contributed by atoms with Crippen LogP contribution < -0.4 is 10.2 Å². The smallest absolute Gasteiger partial charge is 0.359 e. The number of esters is 1. The van der Waals surface area contributed by atoms with Crippen LogP contribution in [0, 0.1) is 6.92 Å². The molecule has 1 fully saturated rings. The van der Waals surface area contributed by atoms with Gasteiger partial charge in [-0.2, -0.15) is 0 Å². The Morgan fingerprint density at radius 2 is 1.86 bits per heavy atom. The van der Waals surface area contributed by atoms with Crippen LogP contribution in [0.2, 0.25) is 0 Å². The SMILES string of the molecule is Cc1cccc2nc(C(=O)OCC(=O)Nc3ccc(N4CCCC4)cc3)cn12. The number of fused-ring (bicyclic) bond motifs is 1. The van der Waals surface area contributed by atoms with Crippen molar-refractivity contribution in [3.05, 3.63) is 60.0 Å². The van der Waals surface area contributed by atoms with Gasteiger partial charge >= 0.3 is 5.97 Å². The summed E-state index contributed by atoms with van der Waals surface area (Å²) in [5.41, 5.74) is 3.63. The van der Waals surface area contributed by atoms with Crippen LogP contribution in [0.15, 0.2) is 48.7 Å². The van der Waals surface area contributed by atoms with E-state index in [1.165, 1.54) is 12.8 Å². The van der Waals surface area contributed by atoms with Crippen LogP contribution in [0.3, 0.4) is 0 Å². The van der Waals surface area contributed by atoms with Crippen LogP contribution in [0.25, 0.3) is 5.65 Å². The lowest BCUT2D eigenvalue weighted by Gasteiger charge is -2.17. The Labute approximate surface area is 162 Å². The number of hydrogen-bond donors (Lipinski definition) is 1. The highest BCUT2D eigenvalue weighted by Gasteiger charge is 2.15. The van der Waals surface area contributed by atoms with E-state index >= 15 is 0 Å². The topological polar surface area (TPSA) is 75.9 Å². The van der Waals surface area contributed by atoms with E-state index < -0.39 is 5.97 Å². The van der Waals surface area contributed by atoms with Crippen LogP contribution in [0.1, 0.15) is 29.0 Å². The molecule has 28 heavy (non-hydrogen) atoms. The molecule has 1 aromatic carbocycles. The van der Waals surface area contributed by atoms with Crippen LogP contribution in [0.4, 0.5) is 11.4 Å². The monoisotopic (exact) mass is 378 g/mol. The lowest BCUT2D eigenvalue weighted by molar-refractivity contribution is -0.119. The molecule has 3 heterocycles. The summed E-state index contributed by atoms with van der Waals surface area (Å²) in [7, 11) is 0. The van der Waals surface area contributed by atoms with Gasteiger partial charge in [-0.15, -0.1) is 0 Å². The number of rotatable bonds is 5. The van der Waals surface area contributed by atoms with Gasteiger partial charge in [0.05, 0.1) is 0 Å². The Kier molecular flexibility index (Phi) is 4.97. The second-order valence-electron chi connectivity index (χ2n) is 6.89. The van der Waals surface area contributed by atoms with Crippen molar-refractivity contribution in [2.45, 2.75) is 19.8 Å². The molecule has 0 aliphatic carbocycles. The second-order valence-corrected chi connectivity index (χ2v) is 6.89. The van der Waals surface area contributed by atoms with Gasteiger partial charge in [0.1, 0.15) is 5.65 Å². The Bertz CT molecular complexity index is 1000. The summed E-state index contributed by atoms with van der Waals surface area (Å²) in [5, 5.41) is 2.74. The summed E-state index contributed by atoms with van der Waals surface area (Å²) in [4.78, 5) is 30.8. The van der Waals surface area contributed by atoms with Gasteiger partial charge in [0.25, 0.3) is 5.91 Å². The number of anilines is 2. The molecule has 0 bridgehead atoms. The molecule has 1 amide bonds. The predicted molar refractivity (Wildman–Crippen MR) is 107 cm³/mol. The van der Waals surface area contributed by atoms with Crippen LogP contribution in [-0.4, -0.2) is 41.0 Å². The first-order valence-electron chi connectivity index (χ1n) is 9.37. The zero-order chi connectivity index (χ0) is 19.5. The molecule has 0 radical (unpaired) electrons. The molecule has 1 aliphatic rings. The summed E-state index contributed by atoms with van der Waals surface area (Å²) in [6, 6.07) is 13.3. The molecule has 0 saturated carbocycles. The molecule has 0 atom stereocenters. The molecule has 1 saturated heterocycles. The molecule has 144 valence electrons. The second kappa shape index (κ2) is 7.72. The van der Waals surface area contributed by atoms with Crippen LogP contribution >= 0.6 is 0 Å². The van der Waals surface area contributed by atoms with Crippen molar-refractivity contribution in [1.29, 1.82) is 0 Å². The molecule has 4 rings (SSSR count). The van der Waals surface area contributed by atoms with Gasteiger partial charge in [-0.1, -0.05) is 6.07 Å². The van der Waals surface area contributed by atoms with Gasteiger partial charge in [0.15, 0.2) is 12.3 Å². The maximum absolute atomic E-state index is 12.2. The number of imidazole rings is 1. The van der Waals surface area contributed by atoms with E-state index in [-0.39, 0.29) is 18.2 Å². The van der Waals surface area contributed by atoms with Crippen LogP contribution in [-0.2, 0) is 9.53 Å². The van der Waals surface area contributed by atoms with Crippen molar-refractivity contribution in [3.8, 4) is 0 Å². The third kappa shape index (κ3) is 3.83. The highest BCUT2D eigenvalue weighted by atomic mass is 16.5. The van der Waals surface area contributed by atoms with Crippen molar-refractivity contribution in [3.63, 3.8) is 0 Å². The summed E-state index contributed by atoms with van der Waals surface area (Å²) in [5.74, 6) is -1.01. The van der Waals surface area contributed by atoms with Gasteiger partial charge in [0.2, 0.25) is 0 Å². The first-order chi connectivity index (χ1) is 13.6. The number of aryl methyl sites for hydroxylation is 1. The molecule has 7 nitrogen and oxygen atoms in total. The van der Waals surface area contributed by atoms with Gasteiger partial charge < -0.3 is 19.4 Å². The van der Waals surface area contributed by atoms with Crippen molar-refractivity contribution < 1.29 is 14.3 Å². The number of ether oxygens (including phenoxy) is 1. The first-order valence-corrected chi connectivity index (χ1v) is 9.37. The van der Waals surface area contributed by atoms with Crippen molar-refractivity contribution in [2.75, 3.05) is 29.9 Å². The average molecular weight is 378 g/mol. The number of nitrogens with zero attached hydrogens (tertiary/aromatic N) is 3. The number of carbonyl (C=O) groups excluding carboxylic acids is 2. The molecule has 3 aromatic rings. The molecule has 0 unspecified atom stereocenters. The lowest BCUT2D eigenvalue weighted by atomic mass is 10.2. The van der Waals surface area contributed by atoms with E-state index in [4.69, 9.17) is 4.74 Å². The minimum Gasteiger partial charge on any atom is -0.451 e. The van der Waals surface area contributed by atoms with E-state index in [1.807, 2.05) is 49.4 Å². The van der Waals surface area contributed by atoms with Gasteiger partial charge in [-0.05, 0) is 56.2 Å². The molecular formula is C21H22N4O3. The molecule has 1 N–H and O–H groups in total. The summed E-state index contributed by atoms with van der Waals surface area (Å²) < 4.78 is 6.91. The average Bonchev–Trinajstić information content (AvgIpc) is 3.37. The quantitative estimate of drug-likeness (QED) is 0.691. The normalized spacial score (nSPS) is 13.7. The van der Waals surface area contributed by atoms with E-state index in [1.54, 1.807) is 10.6 Å². The van der Waals surface area contributed by atoms with Gasteiger partial charge in [-0.25, -0.2) is 9.78 Å². The van der Waals surface area contributed by atoms with E-state index in [0.29, 0.717) is 11.3 Å². The third-order valence-electron chi connectivity index (χ3n) is 4.86. The Hall–Kier alpha value is -3.35. The first kappa shape index (κ1) is 18.0. The zero-order valence-corrected chi connectivity index (χ0v) is 15.7. The molecule has 2 aromatic heterocycles. The number of amides is 1. The summed E-state index contributed by atoms with van der Waals surface area (Å²) in [6.45, 7) is 3.71. The molecule has 0 spiro atoms. The van der Waals surface area contributed by atoms with Crippen molar-refractivity contribution >= 4 is 28.9 Å². The Morgan fingerprint density at radius 3 is 2.57 bits per heavy atom. The van der Waals surface area contributed by atoms with Gasteiger partial charge in [0, 0.05) is 36.4 Å². The fourth-order valence-electron chi connectivity index (χ4n) is 3.38. The number of benzene rings is 1. The maximum Gasteiger partial charge on any atom is 0.359 e. The minimum atomic E-state index is -0.623. The maximum atomic E-state index is 12.2. The standard InChI is InChI=1S/C21H22N4O3/c1-15-5-4-6-19-23-18(13-25(15)19)21(27)28-14-20(26)22-16-7-9-17(10-8-16)24-11-2-3-12-24/h4-10,13H,2-3,11-12,14H2,1H3,(H,22,26). The number of nitrogens with one attached hydrogen (secondary N) is 1. The molecule has 1 aliphatic heterocycles. The molecule has 7 heteroatoms. The Balaban J connectivity index is 1.32. The fraction of sp³-hybridized carbons (Fsp3) is 0.286. The third-order valence-corrected chi connectivity index (χ3v) is 4.86. The number of aromatic nitrogens is 2. The van der Waals surface area contributed by atoms with Crippen LogP contribution in [0.5, 0.6) is 0 Å². The summed E-state index contributed by atoms with van der Waals surface area (Å²) >= 11 is 0. The number of hydrogen-bond acceptors (Lipinski definition) is 5. The van der Waals surface area contributed by atoms with E-state index in [0.717, 1.165) is 24.5 Å².